The van der Waals surface area contributed by atoms with Crippen LogP contribution in [0.3, 0.4) is 0 Å². The van der Waals surface area contributed by atoms with E-state index in [1.807, 2.05) is 24.8 Å². The summed E-state index contributed by atoms with van der Waals surface area (Å²) < 4.78 is 13.7. The molecule has 0 heterocycles. The third-order valence-corrected chi connectivity index (χ3v) is 4.51. The molecular weight excluding hydrogens is 245 g/mol. The summed E-state index contributed by atoms with van der Waals surface area (Å²) in [5.41, 5.74) is 1.80. The summed E-state index contributed by atoms with van der Waals surface area (Å²) in [5.74, 6) is -0.108. The van der Waals surface area contributed by atoms with Crippen molar-refractivity contribution in [2.45, 2.75) is 57.2 Å². The molecule has 0 aromatic heterocycles. The monoisotopic (exact) mass is 269 g/mol. The Bertz CT molecular complexity index is 392. The van der Waals surface area contributed by atoms with Gasteiger partial charge in [0.25, 0.3) is 0 Å². The average molecular weight is 269 g/mol. The second-order valence-corrected chi connectivity index (χ2v) is 6.24. The van der Waals surface area contributed by atoms with Crippen LogP contribution >= 0.6 is 11.8 Å². The van der Waals surface area contributed by atoms with Gasteiger partial charge in [0.05, 0.1) is 0 Å². The van der Waals surface area contributed by atoms with Crippen molar-refractivity contribution in [2.24, 2.45) is 0 Å². The smallest absolute Gasteiger partial charge is 0.126 e. The summed E-state index contributed by atoms with van der Waals surface area (Å²) in [6.45, 7) is 11.3. The lowest BCUT2D eigenvalue weighted by Crippen LogP contribution is -2.19. The van der Waals surface area contributed by atoms with Gasteiger partial charge in [-0.05, 0) is 50.1 Å². The van der Waals surface area contributed by atoms with E-state index >= 15 is 0 Å². The van der Waals surface area contributed by atoms with Crippen LogP contribution in [0.15, 0.2) is 17.0 Å². The zero-order chi connectivity index (χ0) is 13.7. The maximum Gasteiger partial charge on any atom is 0.126 e. The zero-order valence-electron chi connectivity index (χ0n) is 12.0. The van der Waals surface area contributed by atoms with Crippen molar-refractivity contribution < 1.29 is 4.39 Å². The summed E-state index contributed by atoms with van der Waals surface area (Å²) >= 11 is 1.84. The second-order valence-electron chi connectivity index (χ2n) is 4.76. The van der Waals surface area contributed by atoms with Gasteiger partial charge < -0.3 is 5.32 Å². The quantitative estimate of drug-likeness (QED) is 0.752. The van der Waals surface area contributed by atoms with Gasteiger partial charge in [0.2, 0.25) is 0 Å². The third kappa shape index (κ3) is 3.99. The highest BCUT2D eigenvalue weighted by atomic mass is 32.2. The molecule has 0 bridgehead atoms. The number of rotatable bonds is 6. The molecule has 1 rings (SSSR count). The number of nitrogens with one attached hydrogen (secondary N) is 1. The molecule has 0 aliphatic carbocycles. The topological polar surface area (TPSA) is 12.0 Å². The lowest BCUT2D eigenvalue weighted by Gasteiger charge is -2.20. The fourth-order valence-electron chi connectivity index (χ4n) is 1.83. The highest BCUT2D eigenvalue weighted by molar-refractivity contribution is 8.00. The van der Waals surface area contributed by atoms with E-state index in [2.05, 4.69) is 33.0 Å². The Morgan fingerprint density at radius 2 is 1.94 bits per heavy atom. The molecule has 3 heteroatoms. The molecule has 18 heavy (non-hydrogen) atoms. The molecule has 0 spiro atoms. The zero-order valence-corrected chi connectivity index (χ0v) is 12.8. The lowest BCUT2D eigenvalue weighted by molar-refractivity contribution is 0.571. The first kappa shape index (κ1) is 15.5. The molecule has 1 N–H and O–H groups in total. The Balaban J connectivity index is 3.08. The van der Waals surface area contributed by atoms with Gasteiger partial charge in [-0.1, -0.05) is 20.8 Å². The van der Waals surface area contributed by atoms with Crippen LogP contribution in [0, 0.1) is 12.7 Å². The maximum absolute atomic E-state index is 13.7. The molecule has 2 unspecified atom stereocenters. The van der Waals surface area contributed by atoms with E-state index in [1.165, 1.54) is 4.90 Å². The van der Waals surface area contributed by atoms with Crippen LogP contribution in [-0.4, -0.2) is 11.8 Å². The van der Waals surface area contributed by atoms with Crippen LogP contribution < -0.4 is 5.32 Å². The predicted octanol–water partition coefficient (Wildman–Crippen LogP) is 4.70. The van der Waals surface area contributed by atoms with Crippen LogP contribution in [0.5, 0.6) is 0 Å². The van der Waals surface area contributed by atoms with Crippen LogP contribution in [0.2, 0.25) is 0 Å². The van der Waals surface area contributed by atoms with Crippen molar-refractivity contribution in [3.05, 3.63) is 29.1 Å². The van der Waals surface area contributed by atoms with Gasteiger partial charge in [0, 0.05) is 16.2 Å². The van der Waals surface area contributed by atoms with Crippen LogP contribution in [0.25, 0.3) is 0 Å². The predicted molar refractivity (Wildman–Crippen MR) is 78.8 cm³/mol. The summed E-state index contributed by atoms with van der Waals surface area (Å²) in [5, 5.41) is 3.92. The molecule has 1 aromatic carbocycles. The van der Waals surface area contributed by atoms with Crippen LogP contribution in [0.1, 0.15) is 51.3 Å². The molecule has 0 amide bonds. The summed E-state index contributed by atoms with van der Waals surface area (Å²) in [4.78, 5) is 1.21. The molecule has 102 valence electrons. The molecule has 0 fully saturated rings. The molecule has 0 saturated heterocycles. The second kappa shape index (κ2) is 7.15. The minimum absolute atomic E-state index is 0.108. The molecule has 0 aliphatic heterocycles. The Morgan fingerprint density at radius 1 is 1.28 bits per heavy atom. The van der Waals surface area contributed by atoms with E-state index in [0.29, 0.717) is 5.25 Å². The van der Waals surface area contributed by atoms with Crippen molar-refractivity contribution in [1.82, 2.24) is 5.32 Å². The lowest BCUT2D eigenvalue weighted by atomic mass is 10.1. The molecule has 0 saturated carbocycles. The van der Waals surface area contributed by atoms with Crippen molar-refractivity contribution in [3.8, 4) is 0 Å². The number of hydrogen-bond acceptors (Lipinski definition) is 2. The van der Waals surface area contributed by atoms with Crippen molar-refractivity contribution in [3.63, 3.8) is 0 Å². The molecule has 1 aromatic rings. The van der Waals surface area contributed by atoms with Crippen LogP contribution in [-0.2, 0) is 0 Å². The van der Waals surface area contributed by atoms with Crippen molar-refractivity contribution >= 4 is 11.8 Å². The minimum atomic E-state index is -0.108. The van der Waals surface area contributed by atoms with Gasteiger partial charge in [0.1, 0.15) is 5.82 Å². The van der Waals surface area contributed by atoms with E-state index in [1.54, 1.807) is 6.07 Å². The standard InChI is InChI=1S/C15H24FNS/c1-6-11(4)18-15-8-10(3)14(16)9-13(15)12(5)17-7-2/h8-9,11-12,17H,6-7H2,1-5H3. The van der Waals surface area contributed by atoms with E-state index in [0.717, 1.165) is 24.1 Å². The van der Waals surface area contributed by atoms with Crippen molar-refractivity contribution in [1.29, 1.82) is 0 Å². The Kier molecular flexibility index (Phi) is 6.16. The fourth-order valence-corrected chi connectivity index (χ4v) is 3.04. The van der Waals surface area contributed by atoms with Gasteiger partial charge in [-0.2, -0.15) is 0 Å². The van der Waals surface area contributed by atoms with Gasteiger partial charge in [-0.25, -0.2) is 4.39 Å². The first-order valence-corrected chi connectivity index (χ1v) is 7.57. The maximum atomic E-state index is 13.7. The number of aryl methyl sites for hydroxylation is 1. The van der Waals surface area contributed by atoms with E-state index < -0.39 is 0 Å². The number of benzene rings is 1. The first-order valence-electron chi connectivity index (χ1n) is 6.69. The highest BCUT2D eigenvalue weighted by Crippen LogP contribution is 2.33. The van der Waals surface area contributed by atoms with E-state index in [-0.39, 0.29) is 11.9 Å². The normalized spacial score (nSPS) is 14.6. The average Bonchev–Trinajstić information content (AvgIpc) is 2.33. The molecule has 0 radical (unpaired) electrons. The van der Waals surface area contributed by atoms with Crippen molar-refractivity contribution in [2.75, 3.05) is 6.54 Å². The fraction of sp³-hybridized carbons (Fsp3) is 0.600. The summed E-state index contributed by atoms with van der Waals surface area (Å²) in [6, 6.07) is 3.86. The molecular formula is C15H24FNS. The Hall–Kier alpha value is -0.540. The minimum Gasteiger partial charge on any atom is -0.310 e. The Labute approximate surface area is 115 Å². The van der Waals surface area contributed by atoms with Gasteiger partial charge in [-0.15, -0.1) is 11.8 Å². The van der Waals surface area contributed by atoms with E-state index in [9.17, 15) is 4.39 Å². The summed E-state index contributed by atoms with van der Waals surface area (Å²) in [6.07, 6.45) is 1.12. The number of thioether (sulfide) groups is 1. The van der Waals surface area contributed by atoms with Gasteiger partial charge in [-0.3, -0.25) is 0 Å². The van der Waals surface area contributed by atoms with Crippen LogP contribution in [0.4, 0.5) is 4.39 Å². The molecule has 1 nitrogen and oxygen atoms in total. The summed E-state index contributed by atoms with van der Waals surface area (Å²) in [7, 11) is 0. The molecule has 2 atom stereocenters. The van der Waals surface area contributed by atoms with E-state index in [4.69, 9.17) is 0 Å². The number of halogens is 1. The third-order valence-electron chi connectivity index (χ3n) is 3.17. The molecule has 0 aliphatic rings. The van der Waals surface area contributed by atoms with Gasteiger partial charge in [0.15, 0.2) is 0 Å². The number of hydrogen-bond donors (Lipinski definition) is 1. The largest absolute Gasteiger partial charge is 0.310 e. The first-order chi connectivity index (χ1) is 8.49. The Morgan fingerprint density at radius 3 is 2.50 bits per heavy atom. The highest BCUT2D eigenvalue weighted by Gasteiger charge is 2.15. The SMILES string of the molecule is CCNC(C)c1cc(F)c(C)cc1SC(C)CC. The van der Waals surface area contributed by atoms with Gasteiger partial charge >= 0.3 is 0 Å².